The van der Waals surface area contributed by atoms with Crippen LogP contribution in [-0.2, 0) is 12.5 Å². The Kier molecular flexibility index (Phi) is 5.26. The molecule has 5 nitrogen and oxygen atoms in total. The molecule has 2 N–H and O–H groups in total. The average molecular weight is 335 g/mol. The van der Waals surface area contributed by atoms with Gasteiger partial charge in [0.15, 0.2) is 0 Å². The molecule has 0 spiro atoms. The number of nitrogens with one attached hydrogen (secondary N) is 1. The van der Waals surface area contributed by atoms with E-state index < -0.39 is 6.10 Å². The maximum atomic E-state index is 12.6. The minimum Gasteiger partial charge on any atom is -0.387 e. The summed E-state index contributed by atoms with van der Waals surface area (Å²) in [4.78, 5) is 13.5. The molecular formula is C17H25N3O2S. The lowest BCUT2D eigenvalue weighted by molar-refractivity contribution is 0.0916. The van der Waals surface area contributed by atoms with Crippen molar-refractivity contribution in [2.75, 3.05) is 0 Å². The van der Waals surface area contributed by atoms with E-state index >= 15 is 0 Å². The monoisotopic (exact) mass is 335 g/mol. The predicted octanol–water partition coefficient (Wildman–Crippen LogP) is 3.02. The Bertz CT molecular complexity index is 656. The third-order valence-electron chi connectivity index (χ3n) is 3.61. The number of hydrogen-bond donors (Lipinski definition) is 2. The van der Waals surface area contributed by atoms with Gasteiger partial charge in [-0.05, 0) is 24.8 Å². The van der Waals surface area contributed by atoms with Gasteiger partial charge in [0, 0.05) is 29.6 Å². The molecule has 2 aromatic heterocycles. The van der Waals surface area contributed by atoms with Crippen LogP contribution in [0.5, 0.6) is 0 Å². The van der Waals surface area contributed by atoms with E-state index in [1.165, 1.54) is 11.3 Å². The highest BCUT2D eigenvalue weighted by molar-refractivity contribution is 7.10. The van der Waals surface area contributed by atoms with Gasteiger partial charge in [-0.1, -0.05) is 26.8 Å². The third kappa shape index (κ3) is 4.42. The van der Waals surface area contributed by atoms with E-state index in [1.54, 1.807) is 10.9 Å². The molecule has 0 aliphatic heterocycles. The first kappa shape index (κ1) is 17.7. The predicted molar refractivity (Wildman–Crippen MR) is 92.7 cm³/mol. The lowest BCUT2D eigenvalue weighted by atomic mass is 9.89. The second kappa shape index (κ2) is 6.84. The van der Waals surface area contributed by atoms with Gasteiger partial charge in [0.2, 0.25) is 0 Å². The summed E-state index contributed by atoms with van der Waals surface area (Å²) in [7, 11) is 1.82. The van der Waals surface area contributed by atoms with Crippen molar-refractivity contribution in [1.82, 2.24) is 15.1 Å². The van der Waals surface area contributed by atoms with Gasteiger partial charge < -0.3 is 10.4 Å². The van der Waals surface area contributed by atoms with E-state index in [2.05, 4.69) is 10.4 Å². The van der Waals surface area contributed by atoms with Crippen LogP contribution in [0.1, 0.15) is 61.1 Å². The summed E-state index contributed by atoms with van der Waals surface area (Å²) < 4.78 is 1.67. The van der Waals surface area contributed by atoms with Crippen molar-refractivity contribution in [3.05, 3.63) is 39.8 Å². The lowest BCUT2D eigenvalue weighted by Crippen LogP contribution is -2.34. The minimum atomic E-state index is -0.554. The summed E-state index contributed by atoms with van der Waals surface area (Å²) in [5, 5.41) is 19.5. The van der Waals surface area contributed by atoms with Gasteiger partial charge in [0.05, 0.1) is 17.4 Å². The topological polar surface area (TPSA) is 67.2 Å². The molecule has 2 atom stereocenters. The second-order valence-corrected chi connectivity index (χ2v) is 7.94. The molecule has 126 valence electrons. The van der Waals surface area contributed by atoms with Crippen LogP contribution in [0, 0.1) is 0 Å². The summed E-state index contributed by atoms with van der Waals surface area (Å²) in [6, 6.07) is 3.69. The number of carbonyl (C=O) groups excluding carboxylic acids is 1. The number of nitrogens with zero attached hydrogens (tertiary/aromatic N) is 2. The SMILES string of the molecule is CC(CC(O)c1cccs1)NC(=O)c1cn(C)nc1C(C)(C)C. The van der Waals surface area contributed by atoms with Crippen molar-refractivity contribution in [3.8, 4) is 0 Å². The molecule has 2 heterocycles. The molecule has 0 saturated carbocycles. The van der Waals surface area contributed by atoms with Gasteiger partial charge in [-0.25, -0.2) is 0 Å². The van der Waals surface area contributed by atoms with E-state index in [0.29, 0.717) is 12.0 Å². The third-order valence-corrected chi connectivity index (χ3v) is 4.58. The molecular weight excluding hydrogens is 310 g/mol. The van der Waals surface area contributed by atoms with Gasteiger partial charge >= 0.3 is 0 Å². The molecule has 0 aliphatic carbocycles. The molecule has 0 saturated heterocycles. The molecule has 0 fully saturated rings. The van der Waals surface area contributed by atoms with Crippen molar-refractivity contribution in [3.63, 3.8) is 0 Å². The van der Waals surface area contributed by atoms with Gasteiger partial charge in [-0.3, -0.25) is 9.48 Å². The first-order valence-electron chi connectivity index (χ1n) is 7.75. The maximum Gasteiger partial charge on any atom is 0.254 e. The summed E-state index contributed by atoms with van der Waals surface area (Å²) >= 11 is 1.52. The molecule has 1 amide bonds. The summed E-state index contributed by atoms with van der Waals surface area (Å²) in [5.41, 5.74) is 1.18. The number of hydrogen-bond acceptors (Lipinski definition) is 4. The average Bonchev–Trinajstić information content (AvgIpc) is 3.06. The highest BCUT2D eigenvalue weighted by atomic mass is 32.1. The molecule has 0 aliphatic rings. The highest BCUT2D eigenvalue weighted by Crippen LogP contribution is 2.25. The second-order valence-electron chi connectivity index (χ2n) is 6.96. The summed E-state index contributed by atoms with van der Waals surface area (Å²) in [5.74, 6) is -0.145. The molecule has 23 heavy (non-hydrogen) atoms. The zero-order valence-corrected chi connectivity index (χ0v) is 15.1. The summed E-state index contributed by atoms with van der Waals surface area (Å²) in [6.45, 7) is 8.02. The lowest BCUT2D eigenvalue weighted by Gasteiger charge is -2.20. The van der Waals surface area contributed by atoms with E-state index in [1.807, 2.05) is 52.3 Å². The van der Waals surface area contributed by atoms with Crippen molar-refractivity contribution >= 4 is 17.2 Å². The van der Waals surface area contributed by atoms with Gasteiger partial charge in [-0.15, -0.1) is 11.3 Å². The number of amides is 1. The van der Waals surface area contributed by atoms with E-state index in [-0.39, 0.29) is 17.4 Å². The van der Waals surface area contributed by atoms with Crippen molar-refractivity contribution in [2.45, 2.75) is 51.7 Å². The molecule has 2 rings (SSSR count). The molecule has 0 bridgehead atoms. The fourth-order valence-corrected chi connectivity index (χ4v) is 3.23. The molecule has 0 radical (unpaired) electrons. The van der Waals surface area contributed by atoms with Crippen LogP contribution in [0.2, 0.25) is 0 Å². The molecule has 2 unspecified atom stereocenters. The van der Waals surface area contributed by atoms with Crippen LogP contribution in [0.25, 0.3) is 0 Å². The van der Waals surface area contributed by atoms with E-state index in [0.717, 1.165) is 10.6 Å². The van der Waals surface area contributed by atoms with Gasteiger partial charge in [-0.2, -0.15) is 5.10 Å². The standard InChI is InChI=1S/C17H25N3O2S/c1-11(9-13(21)14-7-6-8-23-14)18-16(22)12-10-20(5)19-15(12)17(2,3)4/h6-8,10-11,13,21H,9H2,1-5H3,(H,18,22). The normalized spacial score (nSPS) is 14.5. The smallest absolute Gasteiger partial charge is 0.254 e. The van der Waals surface area contributed by atoms with Crippen LogP contribution in [0.15, 0.2) is 23.7 Å². The summed E-state index contributed by atoms with van der Waals surface area (Å²) in [6.07, 6.45) is 1.68. The zero-order chi connectivity index (χ0) is 17.2. The van der Waals surface area contributed by atoms with Gasteiger partial charge in [0.1, 0.15) is 0 Å². The number of aryl methyl sites for hydroxylation is 1. The molecule has 6 heteroatoms. The Hall–Kier alpha value is -1.66. The number of carbonyl (C=O) groups is 1. The Morgan fingerprint density at radius 3 is 2.74 bits per heavy atom. The number of aromatic nitrogens is 2. The first-order chi connectivity index (χ1) is 10.7. The van der Waals surface area contributed by atoms with Crippen LogP contribution in [-0.4, -0.2) is 26.8 Å². The quantitative estimate of drug-likeness (QED) is 0.882. The van der Waals surface area contributed by atoms with E-state index in [4.69, 9.17) is 0 Å². The van der Waals surface area contributed by atoms with Crippen LogP contribution < -0.4 is 5.32 Å². The first-order valence-corrected chi connectivity index (χ1v) is 8.63. The Balaban J connectivity index is 2.04. The Morgan fingerprint density at radius 1 is 1.48 bits per heavy atom. The Labute approximate surface area is 141 Å². The Morgan fingerprint density at radius 2 is 2.17 bits per heavy atom. The van der Waals surface area contributed by atoms with Crippen molar-refractivity contribution in [2.24, 2.45) is 7.05 Å². The number of thiophene rings is 1. The van der Waals surface area contributed by atoms with E-state index in [9.17, 15) is 9.90 Å². The van der Waals surface area contributed by atoms with Crippen LogP contribution in [0.4, 0.5) is 0 Å². The maximum absolute atomic E-state index is 12.6. The number of aliphatic hydroxyl groups is 1. The van der Waals surface area contributed by atoms with Crippen molar-refractivity contribution in [1.29, 1.82) is 0 Å². The zero-order valence-electron chi connectivity index (χ0n) is 14.3. The number of aliphatic hydroxyl groups excluding tert-OH is 1. The molecule has 2 aromatic rings. The van der Waals surface area contributed by atoms with Crippen LogP contribution >= 0.6 is 11.3 Å². The molecule has 0 aromatic carbocycles. The van der Waals surface area contributed by atoms with Gasteiger partial charge in [0.25, 0.3) is 5.91 Å². The largest absolute Gasteiger partial charge is 0.387 e. The minimum absolute atomic E-state index is 0.132. The number of rotatable bonds is 5. The fraction of sp³-hybridized carbons (Fsp3) is 0.529. The van der Waals surface area contributed by atoms with Crippen LogP contribution in [0.3, 0.4) is 0 Å². The van der Waals surface area contributed by atoms with Crippen molar-refractivity contribution < 1.29 is 9.90 Å². The highest BCUT2D eigenvalue weighted by Gasteiger charge is 2.26. The fourth-order valence-electron chi connectivity index (χ4n) is 2.50.